The third-order valence-corrected chi connectivity index (χ3v) is 11.4. The van der Waals surface area contributed by atoms with Crippen LogP contribution in [0.15, 0.2) is 44.3 Å². The van der Waals surface area contributed by atoms with Crippen LogP contribution in [0.3, 0.4) is 0 Å². The molecule has 2 unspecified atom stereocenters. The van der Waals surface area contributed by atoms with Crippen LogP contribution in [0.4, 0.5) is 9.59 Å². The Morgan fingerprint density at radius 2 is 1.00 bits per heavy atom. The third-order valence-electron chi connectivity index (χ3n) is 8.65. The summed E-state index contributed by atoms with van der Waals surface area (Å²) in [6.07, 6.45) is -0.595. The smallest absolute Gasteiger partial charge is 0.435 e. The van der Waals surface area contributed by atoms with Crippen LogP contribution in [0.2, 0.25) is 0 Å². The van der Waals surface area contributed by atoms with E-state index in [1.54, 1.807) is 60.6 Å². The van der Waals surface area contributed by atoms with Gasteiger partial charge in [0.2, 0.25) is 0 Å². The number of carbonyl (C=O) groups is 4. The van der Waals surface area contributed by atoms with E-state index in [1.807, 2.05) is 0 Å². The molecule has 20 heteroatoms. The second kappa shape index (κ2) is 14.4. The molecule has 4 rings (SSSR count). The molecule has 3 N–H and O–H groups in total. The summed E-state index contributed by atoms with van der Waals surface area (Å²) in [5, 5.41) is 40.0. The molecule has 0 bridgehead atoms. The van der Waals surface area contributed by atoms with Crippen molar-refractivity contribution in [2.24, 2.45) is 10.2 Å². The maximum atomic E-state index is 12.8. The molecular weight excluding hydrogens is 749 g/mol. The van der Waals surface area contributed by atoms with Crippen molar-refractivity contribution < 1.29 is 56.3 Å². The number of hydrogen-bond acceptors (Lipinski definition) is 13. The Morgan fingerprint density at radius 1 is 0.704 bits per heavy atom. The van der Waals surface area contributed by atoms with Crippen LogP contribution in [0.1, 0.15) is 68.0 Å². The van der Waals surface area contributed by atoms with Crippen LogP contribution in [-0.2, 0) is 34.0 Å². The van der Waals surface area contributed by atoms with Crippen LogP contribution in [0.25, 0.3) is 0 Å². The van der Waals surface area contributed by atoms with Crippen LogP contribution >= 0.6 is 0 Å². The number of benzene rings is 2. The number of aryl methyl sites for hydroxylation is 4. The summed E-state index contributed by atoms with van der Waals surface area (Å²) in [7, 11) is -4.17. The summed E-state index contributed by atoms with van der Waals surface area (Å²) in [4.78, 5) is 49.2. The van der Waals surface area contributed by atoms with E-state index in [0.717, 1.165) is 22.5 Å². The number of carbonyl (C=O) groups excluding carboxylic acids is 3. The molecule has 2 atom stereocenters. The molecule has 2 aliphatic heterocycles. The standard InChI is InChI=1S/C19H27N3O6S.C15H19N3O6S/c1-11-9-13(10-12(2)14(11)29(8,26)27)15-19(6,16(23)21(7)20-15)22(25)17(24)28-18(3,4)5;1-8-6-10(7-9(2)11(8)25(5,23)24)12-15(3,18(22)14(20)21)13(19)17(4)16-12/h9-10,25H,1-8H3;6-7,22H,1-5H3,(H,20,21). The molecule has 296 valence electrons. The minimum absolute atomic E-state index is 0.0103. The monoisotopic (exact) mass is 794 g/mol. The molecule has 4 amide bonds. The molecule has 2 heterocycles. The van der Waals surface area contributed by atoms with Gasteiger partial charge in [0.05, 0.1) is 9.79 Å². The molecule has 0 aromatic heterocycles. The van der Waals surface area contributed by atoms with E-state index in [1.165, 1.54) is 40.1 Å². The number of ether oxygens (including phenoxy) is 1. The summed E-state index contributed by atoms with van der Waals surface area (Å²) >= 11 is 0. The summed E-state index contributed by atoms with van der Waals surface area (Å²) in [5.74, 6) is -1.36. The van der Waals surface area contributed by atoms with Gasteiger partial charge < -0.3 is 9.84 Å². The Labute approximate surface area is 314 Å². The second-order valence-corrected chi connectivity index (χ2v) is 18.4. The van der Waals surface area contributed by atoms with E-state index in [4.69, 9.17) is 9.84 Å². The van der Waals surface area contributed by atoms with Gasteiger partial charge in [-0.1, -0.05) is 0 Å². The predicted octanol–water partition coefficient (Wildman–Crippen LogP) is 3.28. The number of amides is 4. The third kappa shape index (κ3) is 7.96. The number of rotatable bonds is 6. The van der Waals surface area contributed by atoms with E-state index in [0.29, 0.717) is 33.4 Å². The zero-order valence-corrected chi connectivity index (χ0v) is 34.0. The molecule has 0 fully saturated rings. The van der Waals surface area contributed by atoms with Crippen molar-refractivity contribution in [3.8, 4) is 0 Å². The Bertz CT molecular complexity index is 2180. The molecule has 0 saturated heterocycles. The Kier molecular flexibility index (Phi) is 11.6. The molecule has 0 saturated carbocycles. The highest BCUT2D eigenvalue weighted by Gasteiger charge is 2.55. The van der Waals surface area contributed by atoms with Gasteiger partial charge in [0.15, 0.2) is 30.8 Å². The van der Waals surface area contributed by atoms with E-state index < -0.39 is 60.4 Å². The van der Waals surface area contributed by atoms with E-state index in [-0.39, 0.29) is 31.3 Å². The molecule has 2 aromatic carbocycles. The minimum Gasteiger partial charge on any atom is -0.463 e. The SMILES string of the molecule is Cc1cc(C2=NN(C)C(=O)C2(C)N(O)C(=O)O)cc(C)c1S(C)(=O)=O.Cc1cc(C2=NN(C)C(=O)C2(C)N(O)C(=O)OC(C)(C)C)cc(C)c1S(C)(=O)=O. The lowest BCUT2D eigenvalue weighted by molar-refractivity contribution is -0.162. The molecule has 2 aromatic rings. The first-order valence-corrected chi connectivity index (χ1v) is 19.9. The van der Waals surface area contributed by atoms with Gasteiger partial charge in [0.1, 0.15) is 17.0 Å². The first kappa shape index (κ1) is 43.5. The van der Waals surface area contributed by atoms with Crippen LogP contribution in [0.5, 0.6) is 0 Å². The van der Waals surface area contributed by atoms with Crippen molar-refractivity contribution in [1.29, 1.82) is 0 Å². The average Bonchev–Trinajstić information content (AvgIpc) is 3.37. The molecular formula is C34H46N6O12S2. The molecule has 0 spiro atoms. The van der Waals surface area contributed by atoms with Gasteiger partial charge in [-0.05, 0) is 109 Å². The highest BCUT2D eigenvalue weighted by molar-refractivity contribution is 7.91. The van der Waals surface area contributed by atoms with Gasteiger partial charge in [0, 0.05) is 37.7 Å². The maximum Gasteiger partial charge on any atom is 0.435 e. The molecule has 0 radical (unpaired) electrons. The summed E-state index contributed by atoms with van der Waals surface area (Å²) in [5.41, 5.74) is -1.99. The largest absolute Gasteiger partial charge is 0.463 e. The molecule has 0 aliphatic carbocycles. The lowest BCUT2D eigenvalue weighted by Crippen LogP contribution is -2.59. The predicted molar refractivity (Wildman–Crippen MR) is 195 cm³/mol. The molecule has 18 nitrogen and oxygen atoms in total. The van der Waals surface area contributed by atoms with Gasteiger partial charge in [-0.2, -0.15) is 20.3 Å². The van der Waals surface area contributed by atoms with Crippen molar-refractivity contribution in [2.45, 2.75) is 88.8 Å². The second-order valence-electron chi connectivity index (χ2n) is 14.5. The summed E-state index contributed by atoms with van der Waals surface area (Å²) in [6, 6.07) is 6.14. The Hall–Kier alpha value is -4.92. The quantitative estimate of drug-likeness (QED) is 0.282. The van der Waals surface area contributed by atoms with Gasteiger partial charge in [-0.3, -0.25) is 20.0 Å². The highest BCUT2D eigenvalue weighted by atomic mass is 32.2. The van der Waals surface area contributed by atoms with Crippen molar-refractivity contribution in [2.75, 3.05) is 26.6 Å². The van der Waals surface area contributed by atoms with Crippen LogP contribution < -0.4 is 0 Å². The molecule has 2 aliphatic rings. The number of hydrogen-bond donors (Lipinski definition) is 3. The maximum absolute atomic E-state index is 12.8. The zero-order chi connectivity index (χ0) is 41.8. The topological polar surface area (TPSA) is 244 Å². The normalized spacial score (nSPS) is 20.3. The molecule has 54 heavy (non-hydrogen) atoms. The highest BCUT2D eigenvalue weighted by Crippen LogP contribution is 2.34. The van der Waals surface area contributed by atoms with Gasteiger partial charge in [-0.15, -0.1) is 0 Å². The van der Waals surface area contributed by atoms with Crippen LogP contribution in [-0.4, -0.2) is 131 Å². The minimum atomic E-state index is -3.46. The summed E-state index contributed by atoms with van der Waals surface area (Å²) in [6.45, 7) is 14.0. The van der Waals surface area contributed by atoms with Gasteiger partial charge in [-0.25, -0.2) is 36.4 Å². The first-order chi connectivity index (χ1) is 24.3. The number of sulfone groups is 2. The van der Waals surface area contributed by atoms with E-state index >= 15 is 0 Å². The van der Waals surface area contributed by atoms with Crippen molar-refractivity contribution in [1.82, 2.24) is 20.1 Å². The number of hydroxylamine groups is 4. The van der Waals surface area contributed by atoms with Crippen molar-refractivity contribution >= 4 is 55.1 Å². The number of carboxylic acid groups (broad SMARTS) is 1. The van der Waals surface area contributed by atoms with Gasteiger partial charge >= 0.3 is 12.2 Å². The summed E-state index contributed by atoms with van der Waals surface area (Å²) < 4.78 is 53.2. The fraction of sp³-hybridized carbons (Fsp3) is 0.471. The number of likely N-dealkylation sites (N-methyl/N-ethyl adjacent to an activating group) is 2. The Balaban J connectivity index is 0.000000294. The van der Waals surface area contributed by atoms with Crippen molar-refractivity contribution in [3.05, 3.63) is 57.6 Å². The van der Waals surface area contributed by atoms with Crippen molar-refractivity contribution in [3.63, 3.8) is 0 Å². The average molecular weight is 795 g/mol. The fourth-order valence-corrected chi connectivity index (χ4v) is 9.08. The van der Waals surface area contributed by atoms with E-state index in [2.05, 4.69) is 10.2 Å². The first-order valence-electron chi connectivity index (χ1n) is 16.1. The Morgan fingerprint density at radius 3 is 1.26 bits per heavy atom. The number of hydrazone groups is 2. The lowest BCUT2D eigenvalue weighted by atomic mass is 9.88. The van der Waals surface area contributed by atoms with E-state index in [9.17, 15) is 46.4 Å². The van der Waals surface area contributed by atoms with Gasteiger partial charge in [0.25, 0.3) is 11.8 Å². The number of nitrogens with zero attached hydrogens (tertiary/aromatic N) is 6. The van der Waals surface area contributed by atoms with Crippen LogP contribution in [0, 0.1) is 27.7 Å². The lowest BCUT2D eigenvalue weighted by Gasteiger charge is -2.33. The fourth-order valence-electron chi connectivity index (χ4n) is 6.50. The zero-order valence-electron chi connectivity index (χ0n) is 32.3.